The van der Waals surface area contributed by atoms with Crippen LogP contribution in [0.4, 0.5) is 4.39 Å². The number of aliphatic imine (C=N–C) groups is 1. The van der Waals surface area contributed by atoms with Crippen molar-refractivity contribution in [2.24, 2.45) is 10.7 Å². The van der Waals surface area contributed by atoms with Gasteiger partial charge in [-0.25, -0.2) is 4.39 Å². The number of benzene rings is 2. The molecule has 2 N–H and O–H groups in total. The van der Waals surface area contributed by atoms with Gasteiger partial charge in [0.05, 0.1) is 0 Å². The first-order valence-electron chi connectivity index (χ1n) is 10.9. The van der Waals surface area contributed by atoms with Crippen molar-refractivity contribution < 1.29 is 4.39 Å². The average molecular weight is 409 g/mol. The number of nitrogens with zero attached hydrogens (tertiary/aromatic N) is 1. The summed E-state index contributed by atoms with van der Waals surface area (Å²) in [5, 5.41) is 0. The Bertz CT molecular complexity index is 933. The smallest absolute Gasteiger partial charge is 0.182 e. The van der Waals surface area contributed by atoms with E-state index in [1.165, 1.54) is 34.7 Å². The molecule has 0 amide bonds. The lowest BCUT2D eigenvalue weighted by Gasteiger charge is -2.21. The predicted octanol–water partition coefficient (Wildman–Crippen LogP) is 7.01. The molecule has 0 heterocycles. The van der Waals surface area contributed by atoms with Crippen molar-refractivity contribution in [3.8, 4) is 0 Å². The van der Waals surface area contributed by atoms with E-state index in [2.05, 4.69) is 59.4 Å². The zero-order valence-electron chi connectivity index (χ0n) is 19.5. The minimum absolute atomic E-state index is 0.611. The summed E-state index contributed by atoms with van der Waals surface area (Å²) >= 11 is 0. The van der Waals surface area contributed by atoms with Gasteiger partial charge in [0.15, 0.2) is 5.79 Å². The van der Waals surface area contributed by atoms with Gasteiger partial charge in [-0.3, -0.25) is 10.7 Å². The molecular formula is C27H37FN2. The summed E-state index contributed by atoms with van der Waals surface area (Å²) in [6.45, 7) is 16.1. The van der Waals surface area contributed by atoms with Crippen molar-refractivity contribution >= 4 is 5.71 Å². The summed E-state index contributed by atoms with van der Waals surface area (Å²) in [6.07, 6.45) is 4.45. The zero-order valence-corrected chi connectivity index (χ0v) is 19.5. The molecule has 2 nitrogen and oxygen atoms in total. The Morgan fingerprint density at radius 2 is 1.77 bits per heavy atom. The Morgan fingerprint density at radius 3 is 2.40 bits per heavy atom. The molecular weight excluding hydrogens is 371 g/mol. The molecule has 1 unspecified atom stereocenters. The van der Waals surface area contributed by atoms with Crippen molar-refractivity contribution in [1.29, 1.82) is 0 Å². The molecule has 0 fully saturated rings. The lowest BCUT2D eigenvalue weighted by atomic mass is 9.90. The molecule has 2 aromatic rings. The quantitative estimate of drug-likeness (QED) is 0.270. The van der Waals surface area contributed by atoms with Gasteiger partial charge in [-0.05, 0) is 106 Å². The Kier molecular flexibility index (Phi) is 8.14. The van der Waals surface area contributed by atoms with Crippen molar-refractivity contribution in [2.75, 3.05) is 0 Å². The topological polar surface area (TPSA) is 38.4 Å². The van der Waals surface area contributed by atoms with Crippen molar-refractivity contribution in [3.05, 3.63) is 81.6 Å². The van der Waals surface area contributed by atoms with Gasteiger partial charge in [0, 0.05) is 17.0 Å². The normalized spacial score (nSPS) is 13.9. The van der Waals surface area contributed by atoms with Gasteiger partial charge in [0.1, 0.15) is 0 Å². The highest BCUT2D eigenvalue weighted by Crippen LogP contribution is 2.28. The molecule has 0 saturated heterocycles. The first kappa shape index (κ1) is 24.0. The molecule has 3 heteroatoms. The monoisotopic (exact) mass is 408 g/mol. The first-order chi connectivity index (χ1) is 14.0. The van der Waals surface area contributed by atoms with Crippen LogP contribution >= 0.6 is 0 Å². The van der Waals surface area contributed by atoms with Gasteiger partial charge >= 0.3 is 0 Å². The number of hydrogen-bond acceptors (Lipinski definition) is 2. The molecule has 2 aromatic carbocycles. The summed E-state index contributed by atoms with van der Waals surface area (Å²) in [4.78, 5) is 4.76. The molecule has 2 rings (SSSR count). The van der Waals surface area contributed by atoms with E-state index in [4.69, 9.17) is 10.7 Å². The lowest BCUT2D eigenvalue weighted by Crippen LogP contribution is -2.29. The third-order valence-corrected chi connectivity index (χ3v) is 5.88. The fourth-order valence-corrected chi connectivity index (χ4v) is 4.05. The maximum absolute atomic E-state index is 14.5. The fraction of sp³-hybridized carbons (Fsp3) is 0.444. The first-order valence-corrected chi connectivity index (χ1v) is 10.9. The van der Waals surface area contributed by atoms with Crippen molar-refractivity contribution in [1.82, 2.24) is 0 Å². The van der Waals surface area contributed by atoms with E-state index < -0.39 is 5.79 Å². The number of aryl methyl sites for hydroxylation is 4. The predicted molar refractivity (Wildman–Crippen MR) is 128 cm³/mol. The highest BCUT2D eigenvalue weighted by molar-refractivity contribution is 6.00. The molecule has 0 aromatic heterocycles. The number of rotatable bonds is 9. The van der Waals surface area contributed by atoms with Crippen LogP contribution in [-0.2, 0) is 18.6 Å². The van der Waals surface area contributed by atoms with Crippen molar-refractivity contribution in [3.63, 3.8) is 0 Å². The van der Waals surface area contributed by atoms with Crippen LogP contribution in [0.15, 0.2) is 47.6 Å². The van der Waals surface area contributed by atoms with Crippen molar-refractivity contribution in [2.45, 2.75) is 79.4 Å². The number of nitrogens with two attached hydrogens (primary N) is 1. The SMILES string of the molecule is C=C(CCCCc1c(CC)cccc1C(C)(N)F)N=C(C)c1cc(C)c(C)cc1C. The second kappa shape index (κ2) is 10.2. The van der Waals surface area contributed by atoms with E-state index >= 15 is 0 Å². The van der Waals surface area contributed by atoms with Crippen LogP contribution in [-0.4, -0.2) is 5.71 Å². The van der Waals surface area contributed by atoms with Crippen LogP contribution in [0.5, 0.6) is 0 Å². The number of unbranched alkanes of at least 4 members (excludes halogenated alkanes) is 1. The molecule has 0 saturated carbocycles. The Hall–Kier alpha value is -2.26. The summed E-state index contributed by atoms with van der Waals surface area (Å²) in [5.41, 5.74) is 15.5. The largest absolute Gasteiger partial charge is 0.296 e. The van der Waals surface area contributed by atoms with Gasteiger partial charge in [-0.15, -0.1) is 0 Å². The second-order valence-corrected chi connectivity index (χ2v) is 8.59. The van der Waals surface area contributed by atoms with Crippen LogP contribution in [0.1, 0.15) is 79.0 Å². The molecule has 0 bridgehead atoms. The second-order valence-electron chi connectivity index (χ2n) is 8.59. The third kappa shape index (κ3) is 6.12. The average Bonchev–Trinajstić information content (AvgIpc) is 2.67. The van der Waals surface area contributed by atoms with E-state index in [1.807, 2.05) is 12.1 Å². The Morgan fingerprint density at radius 1 is 1.10 bits per heavy atom. The number of allylic oxidation sites excluding steroid dienone is 1. The van der Waals surface area contributed by atoms with Gasteiger partial charge in [-0.1, -0.05) is 37.8 Å². The Balaban J connectivity index is 2.01. The number of alkyl halides is 1. The zero-order chi connectivity index (χ0) is 22.5. The van der Waals surface area contributed by atoms with E-state index in [9.17, 15) is 4.39 Å². The minimum atomic E-state index is -1.81. The van der Waals surface area contributed by atoms with E-state index in [0.29, 0.717) is 5.56 Å². The van der Waals surface area contributed by atoms with Gasteiger partial charge in [0.2, 0.25) is 0 Å². The summed E-state index contributed by atoms with van der Waals surface area (Å²) in [5.74, 6) is -1.81. The number of hydrogen-bond donors (Lipinski definition) is 1. The van der Waals surface area contributed by atoms with Crippen LogP contribution in [0.2, 0.25) is 0 Å². The molecule has 0 aliphatic rings. The molecule has 0 aliphatic carbocycles. The molecule has 0 aliphatic heterocycles. The van der Waals surface area contributed by atoms with E-state index in [-0.39, 0.29) is 0 Å². The summed E-state index contributed by atoms with van der Waals surface area (Å²) < 4.78 is 14.5. The standard InChI is InChI=1S/C27H37FN2/c1-8-23-13-11-15-26(27(7,28)29)24(23)14-10-9-12-21(5)30-22(6)25-17-19(3)18(2)16-20(25)4/h11,13,15-17H,5,8-10,12,14,29H2,1-4,6-7H3. The van der Waals surface area contributed by atoms with Gasteiger partial charge < -0.3 is 0 Å². The van der Waals surface area contributed by atoms with Crippen LogP contribution in [0.3, 0.4) is 0 Å². The molecule has 30 heavy (non-hydrogen) atoms. The molecule has 0 radical (unpaired) electrons. The molecule has 162 valence electrons. The third-order valence-electron chi connectivity index (χ3n) is 5.88. The highest BCUT2D eigenvalue weighted by Gasteiger charge is 2.23. The fourth-order valence-electron chi connectivity index (χ4n) is 4.05. The maximum Gasteiger partial charge on any atom is 0.182 e. The van der Waals surface area contributed by atoms with Crippen LogP contribution in [0, 0.1) is 20.8 Å². The van der Waals surface area contributed by atoms with Gasteiger partial charge in [0.25, 0.3) is 0 Å². The highest BCUT2D eigenvalue weighted by atomic mass is 19.1. The molecule has 0 spiro atoms. The maximum atomic E-state index is 14.5. The summed E-state index contributed by atoms with van der Waals surface area (Å²) in [6, 6.07) is 10.2. The van der Waals surface area contributed by atoms with Crippen LogP contribution < -0.4 is 5.73 Å². The summed E-state index contributed by atoms with van der Waals surface area (Å²) in [7, 11) is 0. The molecule has 1 atom stereocenters. The van der Waals surface area contributed by atoms with Gasteiger partial charge in [-0.2, -0.15) is 0 Å². The Labute approximate surface area is 182 Å². The lowest BCUT2D eigenvalue weighted by molar-refractivity contribution is 0.201. The minimum Gasteiger partial charge on any atom is -0.296 e. The number of halogens is 1. The van der Waals surface area contributed by atoms with Crippen LogP contribution in [0.25, 0.3) is 0 Å². The van der Waals surface area contributed by atoms with E-state index in [1.54, 1.807) is 0 Å². The van der Waals surface area contributed by atoms with E-state index in [0.717, 1.165) is 49.1 Å².